The van der Waals surface area contributed by atoms with Crippen LogP contribution in [0.2, 0.25) is 0 Å². The van der Waals surface area contributed by atoms with Crippen LogP contribution in [-0.2, 0) is 9.47 Å². The van der Waals surface area contributed by atoms with Gasteiger partial charge in [0.25, 0.3) is 0 Å². The Morgan fingerprint density at radius 2 is 2.07 bits per heavy atom. The van der Waals surface area contributed by atoms with Crippen LogP contribution in [-0.4, -0.2) is 24.6 Å². The summed E-state index contributed by atoms with van der Waals surface area (Å²) in [5.74, 6) is 0. The van der Waals surface area contributed by atoms with E-state index in [-0.39, 0.29) is 12.2 Å². The molecule has 2 nitrogen and oxygen atoms in total. The van der Waals surface area contributed by atoms with E-state index in [9.17, 15) is 0 Å². The van der Waals surface area contributed by atoms with Gasteiger partial charge in [-0.3, -0.25) is 0 Å². The number of ether oxygens (including phenoxy) is 2. The standard InChI is InChI=1S/C12H15BrO2/c1-9-2-4-10(5-3-9)12(6-13)15-11-7-14-8-11/h2-5,11-12H,6-8H2,1H3. The third-order valence-electron chi connectivity index (χ3n) is 2.55. The predicted octanol–water partition coefficient (Wildman–Crippen LogP) is 2.85. The molecule has 1 atom stereocenters. The zero-order valence-corrected chi connectivity index (χ0v) is 10.4. The average Bonchev–Trinajstić information content (AvgIpc) is 2.19. The van der Waals surface area contributed by atoms with Crippen molar-refractivity contribution in [1.29, 1.82) is 0 Å². The van der Waals surface area contributed by atoms with Crippen molar-refractivity contribution < 1.29 is 9.47 Å². The van der Waals surface area contributed by atoms with E-state index in [4.69, 9.17) is 9.47 Å². The lowest BCUT2D eigenvalue weighted by molar-refractivity contribution is -0.150. The Labute approximate surface area is 98.7 Å². The van der Waals surface area contributed by atoms with Gasteiger partial charge in [0.2, 0.25) is 0 Å². The summed E-state index contributed by atoms with van der Waals surface area (Å²) >= 11 is 3.49. The third-order valence-corrected chi connectivity index (χ3v) is 3.14. The smallest absolute Gasteiger partial charge is 0.105 e. The Kier molecular flexibility index (Phi) is 3.78. The first-order valence-electron chi connectivity index (χ1n) is 5.15. The molecule has 0 aliphatic carbocycles. The lowest BCUT2D eigenvalue weighted by Crippen LogP contribution is -2.37. The largest absolute Gasteiger partial charge is 0.376 e. The maximum atomic E-state index is 5.89. The Morgan fingerprint density at radius 1 is 1.40 bits per heavy atom. The maximum Gasteiger partial charge on any atom is 0.105 e. The first kappa shape index (κ1) is 11.1. The number of aryl methyl sites for hydroxylation is 1. The number of hydrogen-bond donors (Lipinski definition) is 0. The van der Waals surface area contributed by atoms with Gasteiger partial charge in [0, 0.05) is 5.33 Å². The summed E-state index contributed by atoms with van der Waals surface area (Å²) in [5.41, 5.74) is 2.50. The fourth-order valence-corrected chi connectivity index (χ4v) is 2.04. The molecule has 0 radical (unpaired) electrons. The summed E-state index contributed by atoms with van der Waals surface area (Å²) in [7, 11) is 0. The van der Waals surface area contributed by atoms with Crippen LogP contribution in [0.1, 0.15) is 17.2 Å². The number of benzene rings is 1. The second-order valence-electron chi connectivity index (χ2n) is 3.85. The molecule has 2 rings (SSSR count). The number of alkyl halides is 1. The number of halogens is 1. The molecule has 3 heteroatoms. The van der Waals surface area contributed by atoms with Crippen LogP contribution >= 0.6 is 15.9 Å². The van der Waals surface area contributed by atoms with E-state index in [0.717, 1.165) is 18.5 Å². The summed E-state index contributed by atoms with van der Waals surface area (Å²) in [6, 6.07) is 8.48. The predicted molar refractivity (Wildman–Crippen MR) is 63.4 cm³/mol. The van der Waals surface area contributed by atoms with Gasteiger partial charge >= 0.3 is 0 Å². The molecule has 1 aliphatic heterocycles. The third kappa shape index (κ3) is 2.80. The van der Waals surface area contributed by atoms with Crippen LogP contribution < -0.4 is 0 Å². The summed E-state index contributed by atoms with van der Waals surface area (Å²) in [6.45, 7) is 3.55. The molecule has 0 aromatic heterocycles. The van der Waals surface area contributed by atoms with E-state index >= 15 is 0 Å². The number of rotatable bonds is 4. The quantitative estimate of drug-likeness (QED) is 0.784. The van der Waals surface area contributed by atoms with Crippen LogP contribution in [0.25, 0.3) is 0 Å². The molecular formula is C12H15BrO2. The average molecular weight is 271 g/mol. The van der Waals surface area contributed by atoms with Gasteiger partial charge in [0.05, 0.1) is 19.3 Å². The van der Waals surface area contributed by atoms with Gasteiger partial charge in [-0.1, -0.05) is 45.8 Å². The van der Waals surface area contributed by atoms with Gasteiger partial charge in [-0.2, -0.15) is 0 Å². The SMILES string of the molecule is Cc1ccc(C(CBr)OC2COC2)cc1. The van der Waals surface area contributed by atoms with E-state index in [1.54, 1.807) is 0 Å². The van der Waals surface area contributed by atoms with Crippen LogP contribution in [0.4, 0.5) is 0 Å². The molecular weight excluding hydrogens is 256 g/mol. The van der Waals surface area contributed by atoms with Crippen LogP contribution in [0.15, 0.2) is 24.3 Å². The van der Waals surface area contributed by atoms with Crippen molar-refractivity contribution in [3.05, 3.63) is 35.4 Å². The van der Waals surface area contributed by atoms with Crippen LogP contribution in [0.5, 0.6) is 0 Å². The van der Waals surface area contributed by atoms with Crippen LogP contribution in [0, 0.1) is 6.92 Å². The van der Waals surface area contributed by atoms with E-state index < -0.39 is 0 Å². The Bertz CT molecular complexity index is 306. The topological polar surface area (TPSA) is 18.5 Å². The molecule has 1 unspecified atom stereocenters. The highest BCUT2D eigenvalue weighted by Crippen LogP contribution is 2.24. The molecule has 0 spiro atoms. The second kappa shape index (κ2) is 5.10. The van der Waals surface area contributed by atoms with Gasteiger partial charge in [-0.15, -0.1) is 0 Å². The fourth-order valence-electron chi connectivity index (χ4n) is 1.51. The van der Waals surface area contributed by atoms with Gasteiger partial charge < -0.3 is 9.47 Å². The number of hydrogen-bond acceptors (Lipinski definition) is 2. The van der Waals surface area contributed by atoms with E-state index in [2.05, 4.69) is 47.1 Å². The van der Waals surface area contributed by atoms with E-state index in [1.165, 1.54) is 11.1 Å². The van der Waals surface area contributed by atoms with Gasteiger partial charge in [0.1, 0.15) is 6.10 Å². The second-order valence-corrected chi connectivity index (χ2v) is 4.50. The van der Waals surface area contributed by atoms with Crippen molar-refractivity contribution in [3.63, 3.8) is 0 Å². The highest BCUT2D eigenvalue weighted by Gasteiger charge is 2.23. The minimum absolute atomic E-state index is 0.138. The maximum absolute atomic E-state index is 5.89. The molecule has 1 heterocycles. The normalized spacial score (nSPS) is 18.5. The highest BCUT2D eigenvalue weighted by atomic mass is 79.9. The lowest BCUT2D eigenvalue weighted by Gasteiger charge is -2.30. The summed E-state index contributed by atoms with van der Waals surface area (Å²) in [5, 5.41) is 0.826. The van der Waals surface area contributed by atoms with Crippen molar-refractivity contribution in [2.24, 2.45) is 0 Å². The molecule has 0 N–H and O–H groups in total. The molecule has 15 heavy (non-hydrogen) atoms. The highest BCUT2D eigenvalue weighted by molar-refractivity contribution is 9.09. The Hall–Kier alpha value is -0.380. The molecule has 1 fully saturated rings. The molecule has 1 saturated heterocycles. The minimum atomic E-state index is 0.138. The van der Waals surface area contributed by atoms with Crippen molar-refractivity contribution in [2.75, 3.05) is 18.5 Å². The Balaban J connectivity index is 2.01. The zero-order valence-electron chi connectivity index (χ0n) is 8.78. The van der Waals surface area contributed by atoms with Gasteiger partial charge in [-0.05, 0) is 12.5 Å². The molecule has 82 valence electrons. The van der Waals surface area contributed by atoms with E-state index in [0.29, 0.717) is 0 Å². The van der Waals surface area contributed by atoms with Crippen molar-refractivity contribution in [3.8, 4) is 0 Å². The fraction of sp³-hybridized carbons (Fsp3) is 0.500. The first-order chi connectivity index (χ1) is 7.29. The van der Waals surface area contributed by atoms with E-state index in [1.807, 2.05) is 0 Å². The molecule has 0 saturated carbocycles. The summed E-state index contributed by atoms with van der Waals surface area (Å²) in [4.78, 5) is 0. The Morgan fingerprint density at radius 3 is 2.53 bits per heavy atom. The zero-order chi connectivity index (χ0) is 10.7. The molecule has 1 aliphatic rings. The van der Waals surface area contributed by atoms with Crippen LogP contribution in [0.3, 0.4) is 0 Å². The van der Waals surface area contributed by atoms with Gasteiger partial charge in [0.15, 0.2) is 0 Å². The molecule has 0 bridgehead atoms. The van der Waals surface area contributed by atoms with Crippen molar-refractivity contribution in [1.82, 2.24) is 0 Å². The molecule has 1 aromatic carbocycles. The minimum Gasteiger partial charge on any atom is -0.376 e. The molecule has 0 amide bonds. The van der Waals surface area contributed by atoms with Gasteiger partial charge in [-0.25, -0.2) is 0 Å². The van der Waals surface area contributed by atoms with Crippen molar-refractivity contribution in [2.45, 2.75) is 19.1 Å². The first-order valence-corrected chi connectivity index (χ1v) is 6.27. The monoisotopic (exact) mass is 270 g/mol. The molecule has 1 aromatic rings. The lowest BCUT2D eigenvalue weighted by atomic mass is 10.1. The van der Waals surface area contributed by atoms with Crippen molar-refractivity contribution >= 4 is 15.9 Å². The summed E-state index contributed by atoms with van der Waals surface area (Å²) in [6.07, 6.45) is 0.411. The summed E-state index contributed by atoms with van der Waals surface area (Å²) < 4.78 is 11.0.